The molecule has 1 aromatic heterocycles. The van der Waals surface area contributed by atoms with Gasteiger partial charge in [-0.2, -0.15) is 0 Å². The van der Waals surface area contributed by atoms with E-state index in [1.54, 1.807) is 19.9 Å². The second-order valence-corrected chi connectivity index (χ2v) is 4.73. The summed E-state index contributed by atoms with van der Waals surface area (Å²) < 4.78 is 4.96. The number of hydrogen-bond donors (Lipinski definition) is 2. The van der Waals surface area contributed by atoms with Gasteiger partial charge in [0.15, 0.2) is 5.76 Å². The first-order valence-electron chi connectivity index (χ1n) is 5.56. The summed E-state index contributed by atoms with van der Waals surface area (Å²) in [5.41, 5.74) is -0.703. The third kappa shape index (κ3) is 3.89. The third-order valence-electron chi connectivity index (χ3n) is 2.33. The third-order valence-corrected chi connectivity index (χ3v) is 2.33. The van der Waals surface area contributed by atoms with E-state index in [0.717, 1.165) is 0 Å². The van der Waals surface area contributed by atoms with E-state index in [0.29, 0.717) is 0 Å². The minimum Gasteiger partial charge on any atom is -0.459 e. The van der Waals surface area contributed by atoms with E-state index in [2.05, 4.69) is 5.32 Å². The number of rotatable bonds is 5. The summed E-state index contributed by atoms with van der Waals surface area (Å²) >= 11 is 0. The second-order valence-electron chi connectivity index (χ2n) is 4.73. The van der Waals surface area contributed by atoms with E-state index in [9.17, 15) is 9.59 Å². The zero-order valence-electron chi connectivity index (χ0n) is 10.8. The Labute approximate surface area is 106 Å². The molecule has 100 valence electrons. The molecule has 6 nitrogen and oxygen atoms in total. The van der Waals surface area contributed by atoms with Gasteiger partial charge in [-0.1, -0.05) is 0 Å². The van der Waals surface area contributed by atoms with Gasteiger partial charge in [0, 0.05) is 7.05 Å². The lowest BCUT2D eigenvalue weighted by Gasteiger charge is -2.25. The van der Waals surface area contributed by atoms with E-state index in [-0.39, 0.29) is 30.7 Å². The minimum atomic E-state index is -0.703. The molecule has 0 fully saturated rings. The average Bonchev–Trinajstić information content (AvgIpc) is 2.80. The Kier molecular flexibility index (Phi) is 4.49. The summed E-state index contributed by atoms with van der Waals surface area (Å²) in [6, 6.07) is 3.14. The summed E-state index contributed by atoms with van der Waals surface area (Å²) in [4.78, 5) is 24.7. The van der Waals surface area contributed by atoms with Crippen molar-refractivity contribution in [1.82, 2.24) is 10.2 Å². The molecule has 0 unspecified atom stereocenters. The van der Waals surface area contributed by atoms with Crippen molar-refractivity contribution in [3.05, 3.63) is 24.2 Å². The summed E-state index contributed by atoms with van der Waals surface area (Å²) in [5.74, 6) is -0.514. The molecular formula is C12H18N2O4. The number of likely N-dealkylation sites (N-methyl/N-ethyl adjacent to an activating group) is 1. The Morgan fingerprint density at radius 1 is 1.50 bits per heavy atom. The minimum absolute atomic E-state index is 0.0943. The number of carbonyl (C=O) groups is 2. The van der Waals surface area contributed by atoms with Crippen LogP contribution in [-0.2, 0) is 4.79 Å². The van der Waals surface area contributed by atoms with E-state index in [1.165, 1.54) is 24.3 Å². The highest BCUT2D eigenvalue weighted by atomic mass is 16.3. The molecule has 1 aromatic rings. The highest BCUT2D eigenvalue weighted by Gasteiger charge is 2.22. The van der Waals surface area contributed by atoms with Gasteiger partial charge in [0.2, 0.25) is 5.91 Å². The van der Waals surface area contributed by atoms with Gasteiger partial charge in [0.1, 0.15) is 0 Å². The van der Waals surface area contributed by atoms with Gasteiger partial charge >= 0.3 is 0 Å². The molecular weight excluding hydrogens is 236 g/mol. The molecule has 0 saturated carbocycles. The molecule has 6 heteroatoms. The maximum absolute atomic E-state index is 11.8. The highest BCUT2D eigenvalue weighted by molar-refractivity contribution is 5.94. The number of aliphatic hydroxyl groups excluding tert-OH is 1. The van der Waals surface area contributed by atoms with Crippen molar-refractivity contribution < 1.29 is 19.1 Å². The van der Waals surface area contributed by atoms with Crippen molar-refractivity contribution in [2.24, 2.45) is 0 Å². The topological polar surface area (TPSA) is 82.8 Å². The first-order chi connectivity index (χ1) is 8.35. The Bertz CT molecular complexity index is 412. The zero-order chi connectivity index (χ0) is 13.8. The molecule has 1 rings (SSSR count). The largest absolute Gasteiger partial charge is 0.459 e. The summed E-state index contributed by atoms with van der Waals surface area (Å²) in [6.07, 6.45) is 1.40. The Balaban J connectivity index is 2.52. The molecule has 0 atom stereocenters. The lowest BCUT2D eigenvalue weighted by atomic mass is 10.1. The molecule has 0 saturated heterocycles. The van der Waals surface area contributed by atoms with Gasteiger partial charge in [-0.05, 0) is 26.0 Å². The normalized spacial score (nSPS) is 11.1. The van der Waals surface area contributed by atoms with Crippen LogP contribution in [0, 0.1) is 0 Å². The molecule has 0 spiro atoms. The van der Waals surface area contributed by atoms with Gasteiger partial charge in [-0.15, -0.1) is 0 Å². The van der Waals surface area contributed by atoms with E-state index >= 15 is 0 Å². The highest BCUT2D eigenvalue weighted by Crippen LogP contribution is 2.04. The number of hydrogen-bond acceptors (Lipinski definition) is 4. The standard InChI is InChI=1S/C12H18N2O4/c1-12(2,8-15)13-10(16)7-14(3)11(17)9-5-4-6-18-9/h4-6,15H,7-8H2,1-3H3,(H,13,16). The molecule has 0 radical (unpaired) electrons. The van der Waals surface area contributed by atoms with Crippen LogP contribution < -0.4 is 5.32 Å². The number of nitrogens with one attached hydrogen (secondary N) is 1. The Hall–Kier alpha value is -1.82. The van der Waals surface area contributed by atoms with Crippen LogP contribution in [0.5, 0.6) is 0 Å². The molecule has 0 aliphatic carbocycles. The van der Waals surface area contributed by atoms with Crippen LogP contribution in [-0.4, -0.2) is 47.6 Å². The first-order valence-corrected chi connectivity index (χ1v) is 5.56. The van der Waals surface area contributed by atoms with Gasteiger partial charge in [-0.3, -0.25) is 9.59 Å². The lowest BCUT2D eigenvalue weighted by molar-refractivity contribution is -0.123. The summed E-state index contributed by atoms with van der Waals surface area (Å²) in [6.45, 7) is 3.12. The van der Waals surface area contributed by atoms with E-state index in [1.807, 2.05) is 0 Å². The van der Waals surface area contributed by atoms with Crippen molar-refractivity contribution >= 4 is 11.8 Å². The molecule has 1 heterocycles. The molecule has 0 bridgehead atoms. The Morgan fingerprint density at radius 3 is 2.67 bits per heavy atom. The van der Waals surface area contributed by atoms with E-state index < -0.39 is 5.54 Å². The monoisotopic (exact) mass is 254 g/mol. The van der Waals surface area contributed by atoms with Crippen LogP contribution in [0.25, 0.3) is 0 Å². The number of amides is 2. The Morgan fingerprint density at radius 2 is 2.17 bits per heavy atom. The van der Waals surface area contributed by atoms with Crippen LogP contribution >= 0.6 is 0 Å². The van der Waals surface area contributed by atoms with Crippen LogP contribution in [0.3, 0.4) is 0 Å². The molecule has 0 aliphatic rings. The van der Waals surface area contributed by atoms with Crippen LogP contribution in [0.2, 0.25) is 0 Å². The average molecular weight is 254 g/mol. The lowest BCUT2D eigenvalue weighted by Crippen LogP contribution is -2.50. The van der Waals surface area contributed by atoms with Crippen molar-refractivity contribution in [3.63, 3.8) is 0 Å². The van der Waals surface area contributed by atoms with Crippen molar-refractivity contribution in [2.45, 2.75) is 19.4 Å². The number of aliphatic hydroxyl groups is 1. The quantitative estimate of drug-likeness (QED) is 0.788. The fourth-order valence-corrected chi connectivity index (χ4v) is 1.33. The number of carbonyl (C=O) groups excluding carboxylic acids is 2. The molecule has 2 amide bonds. The maximum atomic E-state index is 11.8. The van der Waals surface area contributed by atoms with E-state index in [4.69, 9.17) is 9.52 Å². The predicted molar refractivity (Wildman–Crippen MR) is 65.0 cm³/mol. The van der Waals surface area contributed by atoms with Gasteiger partial charge in [0.25, 0.3) is 5.91 Å². The molecule has 18 heavy (non-hydrogen) atoms. The molecule has 2 N–H and O–H groups in total. The van der Waals surface area contributed by atoms with Crippen LogP contribution in [0.1, 0.15) is 24.4 Å². The number of furan rings is 1. The maximum Gasteiger partial charge on any atom is 0.289 e. The van der Waals surface area contributed by atoms with Crippen molar-refractivity contribution in [2.75, 3.05) is 20.2 Å². The predicted octanol–water partition coefficient (Wildman–Crippen LogP) is 0.239. The van der Waals surface area contributed by atoms with Crippen LogP contribution in [0.15, 0.2) is 22.8 Å². The first kappa shape index (κ1) is 14.2. The van der Waals surface area contributed by atoms with Crippen molar-refractivity contribution in [1.29, 1.82) is 0 Å². The summed E-state index contributed by atoms with van der Waals surface area (Å²) in [7, 11) is 1.51. The molecule has 0 aliphatic heterocycles. The fourth-order valence-electron chi connectivity index (χ4n) is 1.33. The second kappa shape index (κ2) is 5.68. The smallest absolute Gasteiger partial charge is 0.289 e. The van der Waals surface area contributed by atoms with Gasteiger partial charge < -0.3 is 19.7 Å². The fraction of sp³-hybridized carbons (Fsp3) is 0.500. The van der Waals surface area contributed by atoms with Gasteiger partial charge in [-0.25, -0.2) is 0 Å². The number of nitrogens with zero attached hydrogens (tertiary/aromatic N) is 1. The SMILES string of the molecule is CN(CC(=O)NC(C)(C)CO)C(=O)c1ccco1. The zero-order valence-corrected chi connectivity index (χ0v) is 10.8. The summed E-state index contributed by atoms with van der Waals surface area (Å²) in [5, 5.41) is 11.6. The van der Waals surface area contributed by atoms with Crippen molar-refractivity contribution in [3.8, 4) is 0 Å². The molecule has 0 aromatic carbocycles. The van der Waals surface area contributed by atoms with Gasteiger partial charge in [0.05, 0.1) is 25.0 Å². The van der Waals surface area contributed by atoms with Crippen LogP contribution in [0.4, 0.5) is 0 Å².